The van der Waals surface area contributed by atoms with E-state index >= 15 is 0 Å². The lowest BCUT2D eigenvalue weighted by molar-refractivity contribution is 0.888. The molecule has 0 spiro atoms. The molecule has 0 bridgehead atoms. The maximum absolute atomic E-state index is 6.20. The van der Waals surface area contributed by atoms with Crippen molar-refractivity contribution >= 4 is 11.6 Å². The molecule has 0 atom stereocenters. The fourth-order valence-corrected chi connectivity index (χ4v) is 2.08. The van der Waals surface area contributed by atoms with Crippen molar-refractivity contribution in [2.45, 2.75) is 0 Å². The molecule has 3 rings (SSSR count). The number of pyridine rings is 1. The Hall–Kier alpha value is -2.13. The molecule has 0 aliphatic heterocycles. The van der Waals surface area contributed by atoms with E-state index in [9.17, 15) is 0 Å². The predicted molar refractivity (Wildman–Crippen MR) is 71.8 cm³/mol. The Kier molecular flexibility index (Phi) is 2.82. The summed E-state index contributed by atoms with van der Waals surface area (Å²) in [5.74, 6) is 0. The molecule has 0 N–H and O–H groups in total. The third kappa shape index (κ3) is 1.89. The smallest absolute Gasteiger partial charge is 0.0839 e. The van der Waals surface area contributed by atoms with Crippen LogP contribution in [-0.2, 0) is 0 Å². The number of benzene rings is 1. The fraction of sp³-hybridized carbons (Fsp3) is 0. The Bertz CT molecular complexity index is 662. The van der Waals surface area contributed by atoms with Crippen molar-refractivity contribution in [1.82, 2.24) is 14.8 Å². The van der Waals surface area contributed by atoms with Crippen molar-refractivity contribution in [2.75, 3.05) is 0 Å². The standard InChI is InChI=1S/C14H10ClN3/c15-12-3-1-2-4-14(12)18-13(7-10-17-18)11-5-8-16-9-6-11/h1-10H. The highest BCUT2D eigenvalue weighted by Gasteiger charge is 2.09. The Morgan fingerprint density at radius 3 is 2.44 bits per heavy atom. The highest BCUT2D eigenvalue weighted by molar-refractivity contribution is 6.32. The summed E-state index contributed by atoms with van der Waals surface area (Å²) in [6.45, 7) is 0. The molecule has 0 saturated carbocycles. The molecule has 88 valence electrons. The van der Waals surface area contributed by atoms with Gasteiger partial charge in [-0.3, -0.25) is 4.98 Å². The topological polar surface area (TPSA) is 30.7 Å². The molecule has 4 heteroatoms. The molecule has 3 aromatic rings. The monoisotopic (exact) mass is 255 g/mol. The summed E-state index contributed by atoms with van der Waals surface area (Å²) < 4.78 is 1.83. The van der Waals surface area contributed by atoms with Gasteiger partial charge in [0.05, 0.1) is 22.6 Å². The number of hydrogen-bond acceptors (Lipinski definition) is 2. The predicted octanol–water partition coefficient (Wildman–Crippen LogP) is 3.59. The second-order valence-electron chi connectivity index (χ2n) is 3.82. The average molecular weight is 256 g/mol. The van der Waals surface area contributed by atoms with Crippen molar-refractivity contribution in [2.24, 2.45) is 0 Å². The van der Waals surface area contributed by atoms with Gasteiger partial charge in [-0.2, -0.15) is 5.10 Å². The largest absolute Gasteiger partial charge is 0.265 e. The quantitative estimate of drug-likeness (QED) is 0.701. The number of hydrogen-bond donors (Lipinski definition) is 0. The molecule has 18 heavy (non-hydrogen) atoms. The van der Waals surface area contributed by atoms with E-state index in [1.807, 2.05) is 47.1 Å². The number of nitrogens with zero attached hydrogens (tertiary/aromatic N) is 3. The molecule has 0 saturated heterocycles. The van der Waals surface area contributed by atoms with Crippen LogP contribution in [0.3, 0.4) is 0 Å². The van der Waals surface area contributed by atoms with Crippen LogP contribution in [-0.4, -0.2) is 14.8 Å². The molecule has 2 aromatic heterocycles. The molecular formula is C14H10ClN3. The first kappa shape index (κ1) is 11.0. The molecule has 0 amide bonds. The zero-order valence-electron chi connectivity index (χ0n) is 9.49. The van der Waals surface area contributed by atoms with Crippen LogP contribution in [0.15, 0.2) is 61.1 Å². The van der Waals surface area contributed by atoms with Gasteiger partial charge in [-0.05, 0) is 30.3 Å². The lowest BCUT2D eigenvalue weighted by Crippen LogP contribution is -1.99. The summed E-state index contributed by atoms with van der Waals surface area (Å²) in [4.78, 5) is 4.02. The van der Waals surface area contributed by atoms with Crippen LogP contribution in [0.25, 0.3) is 16.9 Å². The van der Waals surface area contributed by atoms with Gasteiger partial charge in [0.1, 0.15) is 0 Å². The van der Waals surface area contributed by atoms with E-state index < -0.39 is 0 Å². The minimum atomic E-state index is 0.677. The summed E-state index contributed by atoms with van der Waals surface area (Å²) in [7, 11) is 0. The molecular weight excluding hydrogens is 246 g/mol. The average Bonchev–Trinajstić information content (AvgIpc) is 2.89. The molecule has 0 aliphatic carbocycles. The summed E-state index contributed by atoms with van der Waals surface area (Å²) in [5, 5.41) is 5.01. The van der Waals surface area contributed by atoms with Gasteiger partial charge in [0.15, 0.2) is 0 Å². The summed E-state index contributed by atoms with van der Waals surface area (Å²) in [6, 6.07) is 13.5. The fourth-order valence-electron chi connectivity index (χ4n) is 1.86. The van der Waals surface area contributed by atoms with Crippen LogP contribution >= 0.6 is 11.6 Å². The van der Waals surface area contributed by atoms with Crippen molar-refractivity contribution in [3.8, 4) is 16.9 Å². The van der Waals surface area contributed by atoms with Crippen LogP contribution < -0.4 is 0 Å². The molecule has 0 radical (unpaired) electrons. The van der Waals surface area contributed by atoms with Crippen molar-refractivity contribution < 1.29 is 0 Å². The van der Waals surface area contributed by atoms with Gasteiger partial charge in [-0.15, -0.1) is 0 Å². The minimum Gasteiger partial charge on any atom is -0.265 e. The van der Waals surface area contributed by atoms with Crippen molar-refractivity contribution in [1.29, 1.82) is 0 Å². The number of para-hydroxylation sites is 1. The van der Waals surface area contributed by atoms with E-state index in [1.54, 1.807) is 18.6 Å². The van der Waals surface area contributed by atoms with Crippen LogP contribution in [0.1, 0.15) is 0 Å². The van der Waals surface area contributed by atoms with E-state index in [1.165, 1.54) is 0 Å². The second kappa shape index (κ2) is 4.63. The van der Waals surface area contributed by atoms with Crippen molar-refractivity contribution in [3.05, 3.63) is 66.1 Å². The Balaban J connectivity index is 2.16. The van der Waals surface area contributed by atoms with Crippen LogP contribution in [0.2, 0.25) is 5.02 Å². The van der Waals surface area contributed by atoms with Gasteiger partial charge in [0.25, 0.3) is 0 Å². The minimum absolute atomic E-state index is 0.677. The van der Waals surface area contributed by atoms with E-state index in [0.717, 1.165) is 16.9 Å². The highest BCUT2D eigenvalue weighted by atomic mass is 35.5. The third-order valence-electron chi connectivity index (χ3n) is 2.70. The van der Waals surface area contributed by atoms with Gasteiger partial charge in [0.2, 0.25) is 0 Å². The third-order valence-corrected chi connectivity index (χ3v) is 3.02. The Morgan fingerprint density at radius 2 is 1.67 bits per heavy atom. The zero-order chi connectivity index (χ0) is 12.4. The van der Waals surface area contributed by atoms with Crippen LogP contribution in [0.4, 0.5) is 0 Å². The first-order valence-electron chi connectivity index (χ1n) is 5.55. The van der Waals surface area contributed by atoms with Crippen molar-refractivity contribution in [3.63, 3.8) is 0 Å². The number of rotatable bonds is 2. The summed E-state index contributed by atoms with van der Waals surface area (Å²) in [6.07, 6.45) is 5.29. The molecule has 1 aromatic carbocycles. The lowest BCUT2D eigenvalue weighted by Gasteiger charge is -2.08. The Labute approximate surface area is 110 Å². The molecule has 2 heterocycles. The first-order chi connectivity index (χ1) is 8.86. The Morgan fingerprint density at radius 1 is 0.889 bits per heavy atom. The molecule has 0 aliphatic rings. The maximum atomic E-state index is 6.20. The van der Waals surface area contributed by atoms with E-state index in [-0.39, 0.29) is 0 Å². The van der Waals surface area contributed by atoms with Gasteiger partial charge in [-0.1, -0.05) is 23.7 Å². The van der Waals surface area contributed by atoms with E-state index in [0.29, 0.717) is 5.02 Å². The summed E-state index contributed by atoms with van der Waals surface area (Å²) in [5.41, 5.74) is 2.92. The molecule has 0 fully saturated rings. The second-order valence-corrected chi connectivity index (χ2v) is 4.22. The van der Waals surface area contributed by atoms with E-state index in [2.05, 4.69) is 10.1 Å². The van der Waals surface area contributed by atoms with Gasteiger partial charge in [0, 0.05) is 18.0 Å². The van der Waals surface area contributed by atoms with E-state index in [4.69, 9.17) is 11.6 Å². The summed E-state index contributed by atoms with van der Waals surface area (Å²) >= 11 is 6.20. The molecule has 0 unspecified atom stereocenters. The maximum Gasteiger partial charge on any atom is 0.0839 e. The highest BCUT2D eigenvalue weighted by Crippen LogP contribution is 2.25. The molecule has 3 nitrogen and oxygen atoms in total. The SMILES string of the molecule is Clc1ccccc1-n1nccc1-c1ccncc1. The normalized spacial score (nSPS) is 10.5. The van der Waals surface area contributed by atoms with Gasteiger partial charge < -0.3 is 0 Å². The zero-order valence-corrected chi connectivity index (χ0v) is 10.2. The van der Waals surface area contributed by atoms with Gasteiger partial charge >= 0.3 is 0 Å². The first-order valence-corrected chi connectivity index (χ1v) is 5.93. The lowest BCUT2D eigenvalue weighted by atomic mass is 10.2. The van der Waals surface area contributed by atoms with Gasteiger partial charge in [-0.25, -0.2) is 4.68 Å². The van der Waals surface area contributed by atoms with Crippen LogP contribution in [0, 0.1) is 0 Å². The van der Waals surface area contributed by atoms with Crippen LogP contribution in [0.5, 0.6) is 0 Å². The number of aromatic nitrogens is 3. The number of halogens is 1.